The van der Waals surface area contributed by atoms with Gasteiger partial charge in [-0.3, -0.25) is 19.3 Å². The predicted octanol–water partition coefficient (Wildman–Crippen LogP) is 1.42. The number of hydrogen-bond donors (Lipinski definition) is 7. The molecule has 47 heavy (non-hydrogen) atoms. The number of nitrogens with two attached hydrogens (primary N) is 1. The summed E-state index contributed by atoms with van der Waals surface area (Å²) in [7, 11) is 10.4. The van der Waals surface area contributed by atoms with Gasteiger partial charge in [0.1, 0.15) is 22.8 Å². The molecule has 0 saturated heterocycles. The van der Waals surface area contributed by atoms with Gasteiger partial charge in [-0.2, -0.15) is 0 Å². The maximum atomic E-state index is 14.1. The van der Waals surface area contributed by atoms with Crippen molar-refractivity contribution in [1.82, 2.24) is 10.2 Å². The number of likely N-dealkylation sites (N-methyl/N-ethyl adjacent to an activating group) is 1. The van der Waals surface area contributed by atoms with Crippen LogP contribution in [0.15, 0.2) is 47.2 Å². The highest BCUT2D eigenvalue weighted by Gasteiger charge is 2.64. The third-order valence-electron chi connectivity index (χ3n) is 9.34. The number of urea groups is 1. The number of Topliss-reactive ketones (excluding diaryl/α,β-unsaturated/α-hetero) is 2. The Hall–Kier alpha value is -5.08. The molecule has 0 aromatic heterocycles. The van der Waals surface area contributed by atoms with Gasteiger partial charge in [-0.05, 0) is 68.8 Å². The lowest BCUT2D eigenvalue weighted by atomic mass is 9.57. The molecular weight excluding hydrogens is 608 g/mol. The highest BCUT2D eigenvalue weighted by Crippen LogP contribution is 2.54. The molecule has 14 heteroatoms. The number of phenolic OH excluding ortho intramolecular Hbond substituents is 1. The van der Waals surface area contributed by atoms with Gasteiger partial charge in [-0.25, -0.2) is 4.79 Å². The number of anilines is 3. The predicted molar refractivity (Wildman–Crippen MR) is 175 cm³/mol. The van der Waals surface area contributed by atoms with Gasteiger partial charge >= 0.3 is 6.03 Å². The molecule has 0 aliphatic heterocycles. The number of phenols is 1. The number of primary amides is 1. The van der Waals surface area contributed by atoms with E-state index in [0.29, 0.717) is 16.9 Å². The fourth-order valence-electron chi connectivity index (χ4n) is 7.07. The minimum Gasteiger partial charge on any atom is -0.508 e. The number of hydrogen-bond acceptors (Lipinski definition) is 11. The van der Waals surface area contributed by atoms with Gasteiger partial charge in [0.15, 0.2) is 11.4 Å². The SMILES string of the molecule is CN(C)c1ccc(NC(=O)NCc2cc(N(C)C)c3c(c2O)C(O)=C2C(=O)[C@@]4(O)C(O)=C(C(N)=O)C(=O)[C@H](N(C)C)[C@H]4C[C@H]2C3)cc1. The first-order chi connectivity index (χ1) is 22.0. The Morgan fingerprint density at radius 2 is 1.64 bits per heavy atom. The second-order valence-corrected chi connectivity index (χ2v) is 12.9. The first-order valence-electron chi connectivity index (χ1n) is 15.0. The number of nitrogens with zero attached hydrogens (tertiary/aromatic N) is 3. The number of ketones is 2. The standard InChI is InChI=1S/C33H40N6O8/c1-37(2)18-9-7-17(8-10-18)36-32(46)35-14-16-13-21(38(3)4)19-11-15-12-20-25(39(5)6)28(42)24(31(34)45)30(44)33(20,47)29(43)22(15)27(41)23(19)26(16)40/h7-10,13,15,20,25,40-41,44,47H,11-12,14H2,1-6H3,(H2,34,45)(H2,35,36,46)/t15-,20-,25-,33-/m1/s1. The van der Waals surface area contributed by atoms with Crippen LogP contribution >= 0.6 is 0 Å². The van der Waals surface area contributed by atoms with Crippen molar-refractivity contribution >= 4 is 46.3 Å². The van der Waals surface area contributed by atoms with Crippen LogP contribution in [0.4, 0.5) is 21.9 Å². The Balaban J connectivity index is 1.53. The molecule has 14 nitrogen and oxygen atoms in total. The van der Waals surface area contributed by atoms with Gasteiger partial charge < -0.3 is 46.6 Å². The van der Waals surface area contributed by atoms with Crippen molar-refractivity contribution < 1.29 is 39.6 Å². The van der Waals surface area contributed by atoms with Crippen LogP contribution in [0.2, 0.25) is 0 Å². The number of nitrogens with one attached hydrogen (secondary N) is 2. The number of rotatable bonds is 7. The number of aromatic hydroxyl groups is 1. The third kappa shape index (κ3) is 5.32. The van der Waals surface area contributed by atoms with E-state index in [-0.39, 0.29) is 41.8 Å². The van der Waals surface area contributed by atoms with E-state index >= 15 is 0 Å². The van der Waals surface area contributed by atoms with Gasteiger partial charge in [0.2, 0.25) is 5.78 Å². The van der Waals surface area contributed by atoms with Crippen molar-refractivity contribution in [2.45, 2.75) is 31.0 Å². The molecule has 0 heterocycles. The van der Waals surface area contributed by atoms with E-state index in [1.54, 1.807) is 51.3 Å². The van der Waals surface area contributed by atoms with Gasteiger partial charge in [0.25, 0.3) is 5.91 Å². The molecule has 250 valence electrons. The van der Waals surface area contributed by atoms with Crippen molar-refractivity contribution in [2.75, 3.05) is 57.4 Å². The fourth-order valence-corrected chi connectivity index (χ4v) is 7.07. The van der Waals surface area contributed by atoms with Crippen LogP contribution in [0.25, 0.3) is 5.76 Å². The Kier molecular flexibility index (Phi) is 8.45. The van der Waals surface area contributed by atoms with Gasteiger partial charge in [0, 0.05) is 68.9 Å². The van der Waals surface area contributed by atoms with Gasteiger partial charge in [-0.15, -0.1) is 0 Å². The van der Waals surface area contributed by atoms with Crippen LogP contribution in [0, 0.1) is 11.8 Å². The molecule has 1 saturated carbocycles. The summed E-state index contributed by atoms with van der Waals surface area (Å²) >= 11 is 0. The average molecular weight is 649 g/mol. The van der Waals surface area contributed by atoms with Gasteiger partial charge in [0.05, 0.1) is 11.6 Å². The summed E-state index contributed by atoms with van der Waals surface area (Å²) in [6.45, 7) is -0.147. The lowest BCUT2D eigenvalue weighted by Crippen LogP contribution is -2.65. The van der Waals surface area contributed by atoms with Crippen molar-refractivity contribution in [3.63, 3.8) is 0 Å². The normalized spacial score (nSPS) is 23.6. The summed E-state index contributed by atoms with van der Waals surface area (Å²) < 4.78 is 0. The molecule has 3 aliphatic rings. The second kappa shape index (κ2) is 11.9. The Bertz CT molecular complexity index is 1750. The van der Waals surface area contributed by atoms with Crippen molar-refractivity contribution in [3.8, 4) is 5.75 Å². The molecule has 2 aromatic carbocycles. The number of aliphatic hydroxyl groups excluding tert-OH is 2. The maximum Gasteiger partial charge on any atom is 0.319 e. The van der Waals surface area contributed by atoms with E-state index in [2.05, 4.69) is 10.6 Å². The smallest absolute Gasteiger partial charge is 0.319 e. The number of carbonyl (C=O) groups is 4. The van der Waals surface area contributed by atoms with E-state index in [9.17, 15) is 39.6 Å². The number of fused-ring (bicyclic) bond motifs is 3. The maximum absolute atomic E-state index is 14.1. The topological polar surface area (TPSA) is 209 Å². The van der Waals surface area contributed by atoms with Crippen LogP contribution in [-0.4, -0.2) is 103 Å². The largest absolute Gasteiger partial charge is 0.508 e. The highest BCUT2D eigenvalue weighted by molar-refractivity contribution is 6.24. The van der Waals surface area contributed by atoms with E-state index in [1.165, 1.54) is 4.90 Å². The molecule has 0 spiro atoms. The molecule has 0 unspecified atom stereocenters. The Labute approximate surface area is 271 Å². The number of carbonyl (C=O) groups excluding carboxylic acids is 4. The molecule has 0 radical (unpaired) electrons. The van der Waals surface area contributed by atoms with Crippen LogP contribution in [-0.2, 0) is 27.3 Å². The zero-order chi connectivity index (χ0) is 34.7. The minimum absolute atomic E-state index is 0.0155. The number of benzene rings is 2. The van der Waals surface area contributed by atoms with E-state index in [0.717, 1.165) is 5.69 Å². The summed E-state index contributed by atoms with van der Waals surface area (Å²) in [5.41, 5.74) is 4.37. The van der Waals surface area contributed by atoms with Crippen molar-refractivity contribution in [3.05, 3.63) is 63.9 Å². The lowest BCUT2D eigenvalue weighted by molar-refractivity contribution is -0.153. The number of amides is 3. The average Bonchev–Trinajstić information content (AvgIpc) is 2.98. The summed E-state index contributed by atoms with van der Waals surface area (Å²) in [6.07, 6.45) is 0.130. The Morgan fingerprint density at radius 1 is 1.00 bits per heavy atom. The third-order valence-corrected chi connectivity index (χ3v) is 9.34. The summed E-state index contributed by atoms with van der Waals surface area (Å²) in [5.74, 6) is -7.20. The zero-order valence-electron chi connectivity index (χ0n) is 27.1. The highest BCUT2D eigenvalue weighted by atomic mass is 16.3. The van der Waals surface area contributed by atoms with Crippen LogP contribution in [0.1, 0.15) is 23.1 Å². The van der Waals surface area contributed by atoms with E-state index < -0.39 is 64.1 Å². The van der Waals surface area contributed by atoms with Crippen molar-refractivity contribution in [2.24, 2.45) is 17.6 Å². The first-order valence-corrected chi connectivity index (χ1v) is 15.0. The van der Waals surface area contributed by atoms with E-state index in [4.69, 9.17) is 5.73 Å². The lowest BCUT2D eigenvalue weighted by Gasteiger charge is -2.50. The first kappa shape index (κ1) is 33.3. The molecule has 8 N–H and O–H groups in total. The fraction of sp³-hybridized carbons (Fsp3) is 0.394. The molecule has 4 atom stereocenters. The molecule has 3 amide bonds. The molecule has 1 fully saturated rings. The monoisotopic (exact) mass is 648 g/mol. The summed E-state index contributed by atoms with van der Waals surface area (Å²) in [4.78, 5) is 57.6. The van der Waals surface area contributed by atoms with Gasteiger partial charge in [-0.1, -0.05) is 0 Å². The molecule has 3 aliphatic carbocycles. The van der Waals surface area contributed by atoms with Crippen LogP contribution in [0.5, 0.6) is 5.75 Å². The quantitative estimate of drug-likeness (QED) is 0.214. The second-order valence-electron chi connectivity index (χ2n) is 12.9. The summed E-state index contributed by atoms with van der Waals surface area (Å²) in [6, 6.07) is 7.16. The van der Waals surface area contributed by atoms with E-state index in [1.807, 2.05) is 31.1 Å². The molecule has 2 aromatic rings. The van der Waals surface area contributed by atoms with Crippen LogP contribution in [0.3, 0.4) is 0 Å². The molecule has 0 bridgehead atoms. The zero-order valence-corrected chi connectivity index (χ0v) is 27.1. The minimum atomic E-state index is -2.73. The Morgan fingerprint density at radius 3 is 2.19 bits per heavy atom. The summed E-state index contributed by atoms with van der Waals surface area (Å²) in [5, 5.41) is 51.4. The molecule has 5 rings (SSSR count). The van der Waals surface area contributed by atoms with Crippen molar-refractivity contribution in [1.29, 1.82) is 0 Å². The van der Waals surface area contributed by atoms with Crippen LogP contribution < -0.4 is 26.2 Å². The number of aliphatic hydroxyl groups is 3. The molecular formula is C33H40N6O8.